The van der Waals surface area contributed by atoms with E-state index in [4.69, 9.17) is 9.47 Å². The van der Waals surface area contributed by atoms with Crippen molar-refractivity contribution in [2.75, 3.05) is 33.4 Å². The van der Waals surface area contributed by atoms with E-state index in [1.165, 1.54) is 12.0 Å². The first-order chi connectivity index (χ1) is 17.5. The van der Waals surface area contributed by atoms with E-state index in [-0.39, 0.29) is 25.3 Å². The van der Waals surface area contributed by atoms with Crippen LogP contribution >= 0.6 is 0 Å². The Morgan fingerprint density at radius 3 is 2.57 bits per heavy atom. The number of imidazole rings is 1. The number of hydrogen-bond donors (Lipinski definition) is 1. The average Bonchev–Trinajstić information content (AvgIpc) is 3.17. The molecule has 3 heterocycles. The van der Waals surface area contributed by atoms with Crippen LogP contribution in [0.4, 0.5) is 26.7 Å². The van der Waals surface area contributed by atoms with Gasteiger partial charge in [0.2, 0.25) is 0 Å². The summed E-state index contributed by atoms with van der Waals surface area (Å²) in [5.74, 6) is -3.61. The third-order valence-corrected chi connectivity index (χ3v) is 5.86. The van der Waals surface area contributed by atoms with E-state index in [1.54, 1.807) is 28.0 Å². The minimum Gasteiger partial charge on any atom is -0.453 e. The zero-order valence-corrected chi connectivity index (χ0v) is 19.9. The number of amides is 2. The lowest BCUT2D eigenvalue weighted by Crippen LogP contribution is -2.46. The quantitative estimate of drug-likeness (QED) is 0.510. The van der Waals surface area contributed by atoms with Crippen LogP contribution in [0.25, 0.3) is 16.9 Å². The highest BCUT2D eigenvalue weighted by Crippen LogP contribution is 2.32. The summed E-state index contributed by atoms with van der Waals surface area (Å²) in [6, 6.07) is 4.83. The summed E-state index contributed by atoms with van der Waals surface area (Å²) in [5.41, 5.74) is 0.439. The number of alkyl halides is 3. The van der Waals surface area contributed by atoms with Gasteiger partial charge in [0.25, 0.3) is 5.91 Å². The number of rotatable bonds is 5. The minimum absolute atomic E-state index is 0.0540. The number of nitrogens with zero attached hydrogens (tertiary/aromatic N) is 3. The SMILES string of the molecule is COC(=O)N1CCO[C@@H](Cc2c(-c3c(F)cc(C(=O)NCC(F)(F)F)cc3F)nc3cc(C)ccn23)C1. The molecule has 3 aromatic rings. The second-order valence-electron chi connectivity index (χ2n) is 8.57. The maximum Gasteiger partial charge on any atom is 0.409 e. The molecular formula is C24H23F5N4O4. The van der Waals surface area contributed by atoms with Crippen LogP contribution in [0.15, 0.2) is 30.5 Å². The molecule has 0 bridgehead atoms. The van der Waals surface area contributed by atoms with E-state index >= 15 is 8.78 Å². The Balaban J connectivity index is 1.72. The van der Waals surface area contributed by atoms with Gasteiger partial charge < -0.3 is 24.1 Å². The number of benzene rings is 1. The second-order valence-corrected chi connectivity index (χ2v) is 8.57. The highest BCUT2D eigenvalue weighted by molar-refractivity contribution is 5.94. The number of aromatic nitrogens is 2. The summed E-state index contributed by atoms with van der Waals surface area (Å²) in [7, 11) is 1.26. The number of methoxy groups -OCH3 is 1. The van der Waals surface area contributed by atoms with Crippen molar-refractivity contribution < 1.29 is 41.0 Å². The molecule has 1 atom stereocenters. The lowest BCUT2D eigenvalue weighted by molar-refractivity contribution is -0.123. The smallest absolute Gasteiger partial charge is 0.409 e. The van der Waals surface area contributed by atoms with Crippen LogP contribution in [0.2, 0.25) is 0 Å². The van der Waals surface area contributed by atoms with Gasteiger partial charge in [0.15, 0.2) is 0 Å². The summed E-state index contributed by atoms with van der Waals surface area (Å²) in [5, 5.41) is 1.59. The maximum absolute atomic E-state index is 15.2. The van der Waals surface area contributed by atoms with Crippen molar-refractivity contribution in [3.05, 3.63) is 58.9 Å². The van der Waals surface area contributed by atoms with Gasteiger partial charge in [-0.15, -0.1) is 0 Å². The fourth-order valence-corrected chi connectivity index (χ4v) is 4.16. The van der Waals surface area contributed by atoms with E-state index in [1.807, 2.05) is 6.92 Å². The molecule has 0 spiro atoms. The standard InChI is InChI=1S/C24H23F5N4O4/c1-13-3-4-33-18(10-15-11-32(5-6-37-15)23(35)36-2)21(31-19(33)7-13)20-16(25)8-14(9-17(20)26)22(34)30-12-24(27,28)29/h3-4,7-9,15H,5-6,10-12H2,1-2H3,(H,30,34)/t15-/m0/s1. The molecule has 0 saturated carbocycles. The number of carbonyl (C=O) groups excluding carboxylic acids is 2. The Bertz CT molecular complexity index is 1320. The fourth-order valence-electron chi connectivity index (χ4n) is 4.16. The third kappa shape index (κ3) is 5.82. The summed E-state index contributed by atoms with van der Waals surface area (Å²) < 4.78 is 79.9. The van der Waals surface area contributed by atoms with E-state index in [2.05, 4.69) is 4.98 Å². The van der Waals surface area contributed by atoms with Crippen LogP contribution in [-0.4, -0.2) is 71.9 Å². The number of nitrogens with one attached hydrogen (secondary N) is 1. The maximum atomic E-state index is 15.2. The lowest BCUT2D eigenvalue weighted by atomic mass is 10.0. The van der Waals surface area contributed by atoms with E-state index in [0.29, 0.717) is 30.0 Å². The summed E-state index contributed by atoms with van der Waals surface area (Å²) >= 11 is 0. The molecule has 37 heavy (non-hydrogen) atoms. The number of aryl methyl sites for hydroxylation is 1. The van der Waals surface area contributed by atoms with Crippen LogP contribution in [0.5, 0.6) is 0 Å². The number of ether oxygens (including phenoxy) is 2. The zero-order chi connectivity index (χ0) is 26.9. The monoisotopic (exact) mass is 526 g/mol. The number of pyridine rings is 1. The molecule has 0 radical (unpaired) electrons. The molecular weight excluding hydrogens is 503 g/mol. The first-order valence-corrected chi connectivity index (χ1v) is 11.2. The number of carbonyl (C=O) groups is 2. The Morgan fingerprint density at radius 1 is 1.22 bits per heavy atom. The van der Waals surface area contributed by atoms with Gasteiger partial charge in [-0.25, -0.2) is 18.6 Å². The number of morpholine rings is 1. The topological polar surface area (TPSA) is 85.2 Å². The van der Waals surface area contributed by atoms with Crippen molar-refractivity contribution >= 4 is 17.6 Å². The van der Waals surface area contributed by atoms with Gasteiger partial charge in [-0.1, -0.05) is 0 Å². The van der Waals surface area contributed by atoms with E-state index < -0.39 is 53.6 Å². The van der Waals surface area contributed by atoms with Gasteiger partial charge >= 0.3 is 12.3 Å². The Hall–Kier alpha value is -3.74. The van der Waals surface area contributed by atoms with Crippen LogP contribution in [0.1, 0.15) is 21.6 Å². The molecule has 1 fully saturated rings. The van der Waals surface area contributed by atoms with Crippen molar-refractivity contribution in [2.45, 2.75) is 25.6 Å². The Labute approximate surface area is 208 Å². The second kappa shape index (κ2) is 10.3. The molecule has 2 aromatic heterocycles. The molecule has 1 aromatic carbocycles. The molecule has 4 rings (SSSR count). The van der Waals surface area contributed by atoms with E-state index in [0.717, 1.165) is 5.56 Å². The first kappa shape index (κ1) is 26.3. The Morgan fingerprint density at radius 2 is 1.92 bits per heavy atom. The van der Waals surface area contributed by atoms with Gasteiger partial charge in [-0.2, -0.15) is 13.2 Å². The fraction of sp³-hybridized carbons (Fsp3) is 0.375. The lowest BCUT2D eigenvalue weighted by Gasteiger charge is -2.32. The van der Waals surface area contributed by atoms with Crippen molar-refractivity contribution in [3.8, 4) is 11.3 Å². The molecule has 0 aliphatic carbocycles. The van der Waals surface area contributed by atoms with Crippen molar-refractivity contribution in [2.24, 2.45) is 0 Å². The molecule has 13 heteroatoms. The van der Waals surface area contributed by atoms with Crippen LogP contribution in [0, 0.1) is 18.6 Å². The molecule has 1 N–H and O–H groups in total. The van der Waals surface area contributed by atoms with Gasteiger partial charge in [-0.05, 0) is 36.8 Å². The summed E-state index contributed by atoms with van der Waals surface area (Å²) in [6.45, 7) is 0.909. The highest BCUT2D eigenvalue weighted by atomic mass is 19.4. The van der Waals surface area contributed by atoms with Crippen LogP contribution in [0.3, 0.4) is 0 Å². The third-order valence-electron chi connectivity index (χ3n) is 5.86. The largest absolute Gasteiger partial charge is 0.453 e. The highest BCUT2D eigenvalue weighted by Gasteiger charge is 2.31. The average molecular weight is 526 g/mol. The van der Waals surface area contributed by atoms with Crippen molar-refractivity contribution in [1.82, 2.24) is 19.6 Å². The van der Waals surface area contributed by atoms with Crippen LogP contribution in [-0.2, 0) is 15.9 Å². The zero-order valence-electron chi connectivity index (χ0n) is 19.9. The minimum atomic E-state index is -4.68. The number of fused-ring (bicyclic) bond motifs is 1. The first-order valence-electron chi connectivity index (χ1n) is 11.2. The normalized spacial score (nSPS) is 16.2. The number of halogens is 5. The van der Waals surface area contributed by atoms with Crippen molar-refractivity contribution in [3.63, 3.8) is 0 Å². The number of hydrogen-bond acceptors (Lipinski definition) is 5. The molecule has 0 unspecified atom stereocenters. The van der Waals surface area contributed by atoms with E-state index in [9.17, 15) is 22.8 Å². The molecule has 1 aliphatic heterocycles. The molecule has 198 valence electrons. The van der Waals surface area contributed by atoms with Crippen LogP contribution < -0.4 is 5.32 Å². The molecule has 2 amide bonds. The van der Waals surface area contributed by atoms with Gasteiger partial charge in [0.05, 0.1) is 43.3 Å². The Kier molecular flexibility index (Phi) is 7.35. The summed E-state index contributed by atoms with van der Waals surface area (Å²) in [4.78, 5) is 29.9. The molecule has 8 nitrogen and oxygen atoms in total. The predicted octanol–water partition coefficient (Wildman–Crippen LogP) is 3.89. The molecule has 1 aliphatic rings. The predicted molar refractivity (Wildman–Crippen MR) is 121 cm³/mol. The van der Waals surface area contributed by atoms with Gasteiger partial charge in [0.1, 0.15) is 23.8 Å². The van der Waals surface area contributed by atoms with Crippen molar-refractivity contribution in [1.29, 1.82) is 0 Å². The molecule has 1 saturated heterocycles. The van der Waals surface area contributed by atoms with Gasteiger partial charge in [0, 0.05) is 24.7 Å². The summed E-state index contributed by atoms with van der Waals surface area (Å²) in [6.07, 6.45) is -3.93. The van der Waals surface area contributed by atoms with Gasteiger partial charge in [-0.3, -0.25) is 4.79 Å².